The number of hydrogen-bond donors (Lipinski definition) is 0. The fourth-order valence-corrected chi connectivity index (χ4v) is 3.11. The summed E-state index contributed by atoms with van der Waals surface area (Å²) in [5, 5.41) is 0. The van der Waals surface area contributed by atoms with Gasteiger partial charge in [0, 0.05) is 0 Å². The van der Waals surface area contributed by atoms with Gasteiger partial charge in [-0.15, -0.1) is 0 Å². The molecule has 114 valence electrons. The highest BCUT2D eigenvalue weighted by Crippen LogP contribution is 2.32. The molecule has 1 atom stereocenters. The number of halogens is 2. The summed E-state index contributed by atoms with van der Waals surface area (Å²) in [6.07, 6.45) is 0.311. The fraction of sp³-hybridized carbons (Fsp3) is 0.235. The first-order valence-corrected chi connectivity index (χ1v) is 7.99. The molecule has 3 rings (SSSR count). The van der Waals surface area contributed by atoms with E-state index in [4.69, 9.17) is 4.74 Å². The molecular formula is C17H15BrFNO2. The van der Waals surface area contributed by atoms with Gasteiger partial charge in [0.15, 0.2) is 0 Å². The number of benzene rings is 2. The van der Waals surface area contributed by atoms with Gasteiger partial charge in [0.05, 0.1) is 17.1 Å². The molecular weight excluding hydrogens is 349 g/mol. The molecule has 0 saturated heterocycles. The van der Waals surface area contributed by atoms with Crippen molar-refractivity contribution in [2.45, 2.75) is 11.2 Å². The minimum absolute atomic E-state index is 0.0843. The summed E-state index contributed by atoms with van der Waals surface area (Å²) in [5.41, 5.74) is 1.29. The molecule has 1 aliphatic heterocycles. The third-order valence-corrected chi connectivity index (χ3v) is 4.33. The van der Waals surface area contributed by atoms with Crippen LogP contribution in [0.2, 0.25) is 0 Å². The third-order valence-electron chi connectivity index (χ3n) is 3.62. The fourth-order valence-electron chi connectivity index (χ4n) is 2.51. The molecule has 0 fully saturated rings. The molecule has 0 aromatic heterocycles. The van der Waals surface area contributed by atoms with E-state index >= 15 is 0 Å². The Hall–Kier alpha value is -1.88. The molecule has 0 spiro atoms. The molecule has 1 unspecified atom stereocenters. The van der Waals surface area contributed by atoms with E-state index in [9.17, 15) is 9.18 Å². The van der Waals surface area contributed by atoms with Crippen molar-refractivity contribution in [1.29, 1.82) is 0 Å². The number of anilines is 1. The van der Waals surface area contributed by atoms with Crippen LogP contribution in [0.3, 0.4) is 0 Å². The Morgan fingerprint density at radius 2 is 1.95 bits per heavy atom. The summed E-state index contributed by atoms with van der Waals surface area (Å²) in [6, 6.07) is 14.0. The van der Waals surface area contributed by atoms with E-state index in [2.05, 4.69) is 15.9 Å². The summed E-state index contributed by atoms with van der Waals surface area (Å²) in [6.45, 7) is 0.956. The minimum Gasteiger partial charge on any atom is -0.490 e. The summed E-state index contributed by atoms with van der Waals surface area (Å²) < 4.78 is 19.3. The molecule has 1 aliphatic rings. The SMILES string of the molecule is O=C(C(Br)Cc1ccccc1F)N1CCOc2ccccc21. The average molecular weight is 364 g/mol. The zero-order valence-corrected chi connectivity index (χ0v) is 13.4. The van der Waals surface area contributed by atoms with E-state index < -0.39 is 4.83 Å². The predicted molar refractivity (Wildman–Crippen MR) is 87.1 cm³/mol. The number of rotatable bonds is 3. The highest BCUT2D eigenvalue weighted by atomic mass is 79.9. The standard InChI is InChI=1S/C17H15BrFNO2/c18-13(11-12-5-1-2-6-14(12)19)17(21)20-9-10-22-16-8-4-3-7-15(16)20/h1-8,13H,9-11H2. The first-order chi connectivity index (χ1) is 10.7. The lowest BCUT2D eigenvalue weighted by atomic mass is 10.1. The summed E-state index contributed by atoms with van der Waals surface area (Å²) in [4.78, 5) is 13.9. The Bertz CT molecular complexity index is 692. The summed E-state index contributed by atoms with van der Waals surface area (Å²) in [5.74, 6) is 0.328. The monoisotopic (exact) mass is 363 g/mol. The van der Waals surface area contributed by atoms with Gasteiger partial charge in [-0.3, -0.25) is 4.79 Å². The van der Waals surface area contributed by atoms with Crippen molar-refractivity contribution in [3.63, 3.8) is 0 Å². The van der Waals surface area contributed by atoms with Gasteiger partial charge >= 0.3 is 0 Å². The van der Waals surface area contributed by atoms with E-state index in [0.29, 0.717) is 30.9 Å². The van der Waals surface area contributed by atoms with Gasteiger partial charge in [-0.2, -0.15) is 0 Å². The minimum atomic E-state index is -0.476. The van der Waals surface area contributed by atoms with Gasteiger partial charge in [0.2, 0.25) is 5.91 Å². The van der Waals surface area contributed by atoms with Gasteiger partial charge in [0.25, 0.3) is 0 Å². The average Bonchev–Trinajstić information content (AvgIpc) is 2.55. The number of hydrogen-bond acceptors (Lipinski definition) is 2. The first kappa shape index (κ1) is 15.0. The molecule has 2 aromatic rings. The number of carbonyl (C=O) groups excluding carboxylic acids is 1. The Balaban J connectivity index is 1.78. The molecule has 0 aliphatic carbocycles. The Labute approximate surface area is 136 Å². The number of amides is 1. The van der Waals surface area contributed by atoms with Crippen LogP contribution in [0.15, 0.2) is 48.5 Å². The molecule has 0 radical (unpaired) electrons. The van der Waals surface area contributed by atoms with Crippen LogP contribution in [-0.2, 0) is 11.2 Å². The molecule has 0 bridgehead atoms. The van der Waals surface area contributed by atoms with Crippen LogP contribution in [0.1, 0.15) is 5.56 Å². The van der Waals surface area contributed by atoms with E-state index in [0.717, 1.165) is 5.69 Å². The molecule has 1 heterocycles. The van der Waals surface area contributed by atoms with Gasteiger partial charge in [-0.1, -0.05) is 46.3 Å². The zero-order valence-electron chi connectivity index (χ0n) is 11.8. The Morgan fingerprint density at radius 3 is 2.77 bits per heavy atom. The van der Waals surface area contributed by atoms with Crippen molar-refractivity contribution in [2.24, 2.45) is 0 Å². The molecule has 1 amide bonds. The summed E-state index contributed by atoms with van der Waals surface area (Å²) >= 11 is 3.40. The number of nitrogens with zero attached hydrogens (tertiary/aromatic N) is 1. The molecule has 0 saturated carbocycles. The second-order valence-electron chi connectivity index (χ2n) is 5.07. The second-order valence-corrected chi connectivity index (χ2v) is 6.17. The molecule has 0 N–H and O–H groups in total. The van der Waals surface area contributed by atoms with Crippen LogP contribution >= 0.6 is 15.9 Å². The number of alkyl halides is 1. The number of carbonyl (C=O) groups is 1. The van der Waals surface area contributed by atoms with Crippen LogP contribution in [0, 0.1) is 5.82 Å². The zero-order chi connectivity index (χ0) is 15.5. The second kappa shape index (κ2) is 6.48. The smallest absolute Gasteiger partial charge is 0.241 e. The summed E-state index contributed by atoms with van der Waals surface area (Å²) in [7, 11) is 0. The lowest BCUT2D eigenvalue weighted by Crippen LogP contribution is -2.42. The highest BCUT2D eigenvalue weighted by molar-refractivity contribution is 9.10. The van der Waals surface area contributed by atoms with E-state index in [1.165, 1.54) is 6.07 Å². The quantitative estimate of drug-likeness (QED) is 0.780. The maximum atomic E-state index is 13.7. The number of ether oxygens (including phenoxy) is 1. The first-order valence-electron chi connectivity index (χ1n) is 7.07. The topological polar surface area (TPSA) is 29.5 Å². The van der Waals surface area contributed by atoms with Gasteiger partial charge in [0.1, 0.15) is 18.2 Å². The highest BCUT2D eigenvalue weighted by Gasteiger charge is 2.28. The van der Waals surface area contributed by atoms with Crippen LogP contribution in [0.5, 0.6) is 5.75 Å². The van der Waals surface area contributed by atoms with Crippen molar-refractivity contribution in [3.8, 4) is 5.75 Å². The maximum absolute atomic E-state index is 13.7. The third kappa shape index (κ3) is 2.99. The van der Waals surface area contributed by atoms with Gasteiger partial charge in [-0.25, -0.2) is 4.39 Å². The van der Waals surface area contributed by atoms with E-state index in [1.807, 2.05) is 24.3 Å². The normalized spacial score (nSPS) is 14.9. The van der Waals surface area contributed by atoms with Crippen LogP contribution in [-0.4, -0.2) is 23.9 Å². The van der Waals surface area contributed by atoms with E-state index in [-0.39, 0.29) is 11.7 Å². The lowest BCUT2D eigenvalue weighted by molar-refractivity contribution is -0.118. The van der Waals surface area contributed by atoms with Crippen molar-refractivity contribution in [2.75, 3.05) is 18.1 Å². The Kier molecular flexibility index (Phi) is 4.43. The van der Waals surface area contributed by atoms with E-state index in [1.54, 1.807) is 23.1 Å². The molecule has 3 nitrogen and oxygen atoms in total. The van der Waals surface area contributed by atoms with Gasteiger partial charge < -0.3 is 9.64 Å². The predicted octanol–water partition coefficient (Wildman–Crippen LogP) is 3.56. The van der Waals surface area contributed by atoms with Crippen LogP contribution in [0.4, 0.5) is 10.1 Å². The van der Waals surface area contributed by atoms with Crippen LogP contribution in [0.25, 0.3) is 0 Å². The van der Waals surface area contributed by atoms with Crippen molar-refractivity contribution in [3.05, 3.63) is 59.9 Å². The van der Waals surface area contributed by atoms with Crippen molar-refractivity contribution >= 4 is 27.5 Å². The van der Waals surface area contributed by atoms with Crippen molar-refractivity contribution in [1.82, 2.24) is 0 Å². The van der Waals surface area contributed by atoms with Gasteiger partial charge in [-0.05, 0) is 30.2 Å². The molecule has 5 heteroatoms. The van der Waals surface area contributed by atoms with Crippen molar-refractivity contribution < 1.29 is 13.9 Å². The van der Waals surface area contributed by atoms with Crippen LogP contribution < -0.4 is 9.64 Å². The lowest BCUT2D eigenvalue weighted by Gasteiger charge is -2.31. The molecule has 2 aromatic carbocycles. The molecule has 22 heavy (non-hydrogen) atoms. The largest absolute Gasteiger partial charge is 0.490 e. The number of para-hydroxylation sites is 2. The maximum Gasteiger partial charge on any atom is 0.241 e. The Morgan fingerprint density at radius 1 is 1.23 bits per heavy atom. The number of fused-ring (bicyclic) bond motifs is 1.